The lowest BCUT2D eigenvalue weighted by atomic mass is 9.84. The number of carbonyl (C=O) groups is 4. The molecule has 3 atom stereocenters. The number of hydrogen-bond acceptors (Lipinski definition) is 9. The minimum absolute atomic E-state index is 0.0980. The number of thioether (sulfide) groups is 1. The van der Waals surface area contributed by atoms with Gasteiger partial charge < -0.3 is 10.1 Å². The van der Waals surface area contributed by atoms with Crippen LogP contribution in [0.15, 0.2) is 82.9 Å². The fourth-order valence-electron chi connectivity index (χ4n) is 5.51. The highest BCUT2D eigenvalue weighted by molar-refractivity contribution is 8.00. The van der Waals surface area contributed by atoms with E-state index in [9.17, 15) is 37.1 Å². The van der Waals surface area contributed by atoms with Crippen molar-refractivity contribution < 1.29 is 37.1 Å². The number of fused-ring (bicyclic) bond motifs is 2. The number of nitrogens with zero attached hydrogens (tertiary/aromatic N) is 3. The average Bonchev–Trinajstić information content (AvgIpc) is 3.47. The minimum atomic E-state index is -4.61. The van der Waals surface area contributed by atoms with Crippen LogP contribution in [0.25, 0.3) is 0 Å². The van der Waals surface area contributed by atoms with Gasteiger partial charge in [-0.3, -0.25) is 28.7 Å². The maximum absolute atomic E-state index is 14.0. The Balaban J connectivity index is 1.34. The number of nitrogens with one attached hydrogen (secondary N) is 1. The standard InChI is InChI=1S/C31H23F3N4O6S2/c1-2-44-29(42)16-8-10-20(11-9-16)38-26(40)23-22(17-5-4-12-35-14-17)25-28(45-24(23)27(38)41)37(30(43)46-25)15-21(39)36-19-7-3-6-18(13-19)31(32,33)34/h3-14,22-24H,2,15H2,1H3,(H,36,39)/t22-,23-,24+/m0/s1. The topological polar surface area (TPSA) is 128 Å². The summed E-state index contributed by atoms with van der Waals surface area (Å²) in [5, 5.41) is 1.74. The molecular weight excluding hydrogens is 645 g/mol. The van der Waals surface area contributed by atoms with Gasteiger partial charge in [0, 0.05) is 28.9 Å². The van der Waals surface area contributed by atoms with Gasteiger partial charge in [-0.15, -0.1) is 0 Å². The van der Waals surface area contributed by atoms with Gasteiger partial charge in [-0.2, -0.15) is 13.2 Å². The summed E-state index contributed by atoms with van der Waals surface area (Å²) in [7, 11) is 0. The first-order valence-electron chi connectivity index (χ1n) is 13.9. The molecule has 0 saturated carbocycles. The van der Waals surface area contributed by atoms with Crippen molar-refractivity contribution in [2.45, 2.75) is 35.8 Å². The molecule has 2 aromatic carbocycles. The zero-order valence-corrected chi connectivity index (χ0v) is 25.4. The number of anilines is 2. The zero-order valence-electron chi connectivity index (χ0n) is 23.8. The van der Waals surface area contributed by atoms with E-state index in [-0.39, 0.29) is 23.5 Å². The Morgan fingerprint density at radius 3 is 2.46 bits per heavy atom. The first-order valence-corrected chi connectivity index (χ1v) is 15.6. The molecule has 1 fully saturated rings. The van der Waals surface area contributed by atoms with Crippen molar-refractivity contribution in [3.05, 3.63) is 104 Å². The molecule has 1 N–H and O–H groups in total. The van der Waals surface area contributed by atoms with Crippen molar-refractivity contribution in [1.82, 2.24) is 9.55 Å². The molecule has 3 amide bonds. The van der Waals surface area contributed by atoms with E-state index in [1.165, 1.54) is 34.9 Å². The number of amides is 3. The number of benzene rings is 2. The van der Waals surface area contributed by atoms with Crippen LogP contribution in [0.1, 0.15) is 39.2 Å². The van der Waals surface area contributed by atoms with Gasteiger partial charge in [0.1, 0.15) is 11.8 Å². The number of ether oxygens (including phenoxy) is 1. The van der Waals surface area contributed by atoms with Crippen molar-refractivity contribution in [1.29, 1.82) is 0 Å². The molecule has 6 rings (SSSR count). The second kappa shape index (κ2) is 12.2. The van der Waals surface area contributed by atoms with E-state index < -0.39 is 63.9 Å². The largest absolute Gasteiger partial charge is 0.462 e. The Bertz CT molecular complexity index is 1910. The van der Waals surface area contributed by atoms with E-state index >= 15 is 0 Å². The molecule has 2 aliphatic rings. The van der Waals surface area contributed by atoms with Crippen molar-refractivity contribution in [2.24, 2.45) is 5.92 Å². The van der Waals surface area contributed by atoms with Gasteiger partial charge in [-0.1, -0.05) is 35.2 Å². The van der Waals surface area contributed by atoms with Crippen LogP contribution in [0.5, 0.6) is 0 Å². The Morgan fingerprint density at radius 1 is 1.02 bits per heavy atom. The van der Waals surface area contributed by atoms with Gasteiger partial charge >= 0.3 is 17.0 Å². The third-order valence-corrected chi connectivity index (χ3v) is 10.1. The number of carbonyl (C=O) groups excluding carboxylic acids is 4. The molecule has 2 aromatic heterocycles. The van der Waals surface area contributed by atoms with Crippen LogP contribution in [0.4, 0.5) is 24.5 Å². The minimum Gasteiger partial charge on any atom is -0.462 e. The summed E-state index contributed by atoms with van der Waals surface area (Å²) in [5.41, 5.74) is 0.0462. The van der Waals surface area contributed by atoms with E-state index in [2.05, 4.69) is 10.3 Å². The first kappa shape index (κ1) is 31.2. The van der Waals surface area contributed by atoms with E-state index in [1.54, 1.807) is 31.5 Å². The number of esters is 1. The van der Waals surface area contributed by atoms with E-state index in [0.29, 0.717) is 15.5 Å². The molecule has 236 valence electrons. The number of pyridine rings is 1. The van der Waals surface area contributed by atoms with Gasteiger partial charge in [-0.05, 0) is 61.0 Å². The Kier molecular flexibility index (Phi) is 8.29. The Labute approximate surface area is 267 Å². The van der Waals surface area contributed by atoms with Gasteiger partial charge in [0.25, 0.3) is 0 Å². The van der Waals surface area contributed by atoms with Crippen LogP contribution in [-0.4, -0.2) is 45.1 Å². The molecule has 0 aliphatic carbocycles. The van der Waals surface area contributed by atoms with E-state index in [1.807, 2.05) is 0 Å². The number of alkyl halides is 3. The van der Waals surface area contributed by atoms with Crippen LogP contribution >= 0.6 is 23.1 Å². The molecular formula is C31H23F3N4O6S2. The number of halogens is 3. The fraction of sp³-hybridized carbons (Fsp3) is 0.226. The maximum Gasteiger partial charge on any atom is 0.416 e. The predicted molar refractivity (Wildman–Crippen MR) is 163 cm³/mol. The second-order valence-electron chi connectivity index (χ2n) is 10.4. The number of imide groups is 1. The monoisotopic (exact) mass is 668 g/mol. The number of aromatic nitrogens is 2. The molecule has 0 bridgehead atoms. The molecule has 0 unspecified atom stereocenters. The van der Waals surface area contributed by atoms with Crippen LogP contribution in [0, 0.1) is 5.92 Å². The van der Waals surface area contributed by atoms with Gasteiger partial charge in [0.05, 0.1) is 34.4 Å². The summed E-state index contributed by atoms with van der Waals surface area (Å²) < 4.78 is 45.7. The summed E-state index contributed by atoms with van der Waals surface area (Å²) in [4.78, 5) is 71.4. The molecule has 4 heterocycles. The summed E-state index contributed by atoms with van der Waals surface area (Å²) in [5.74, 6) is -4.00. The smallest absolute Gasteiger partial charge is 0.416 e. The van der Waals surface area contributed by atoms with Crippen molar-refractivity contribution in [2.75, 3.05) is 16.8 Å². The highest BCUT2D eigenvalue weighted by Gasteiger charge is 2.57. The lowest BCUT2D eigenvalue weighted by molar-refractivity contribution is -0.137. The molecule has 4 aromatic rings. The second-order valence-corrected chi connectivity index (χ2v) is 12.5. The molecule has 0 spiro atoms. The van der Waals surface area contributed by atoms with Gasteiger partial charge in [-0.25, -0.2) is 9.69 Å². The number of thiazole rings is 1. The van der Waals surface area contributed by atoms with Crippen LogP contribution < -0.4 is 15.1 Å². The van der Waals surface area contributed by atoms with Crippen molar-refractivity contribution in [3.8, 4) is 0 Å². The normalized spacial score (nSPS) is 19.0. The maximum atomic E-state index is 14.0. The van der Waals surface area contributed by atoms with Gasteiger partial charge in [0.2, 0.25) is 17.7 Å². The summed E-state index contributed by atoms with van der Waals surface area (Å²) >= 11 is 1.82. The highest BCUT2D eigenvalue weighted by Crippen LogP contribution is 2.53. The highest BCUT2D eigenvalue weighted by atomic mass is 32.2. The summed E-state index contributed by atoms with van der Waals surface area (Å²) in [6.45, 7) is 1.32. The number of rotatable bonds is 7. The molecule has 1 saturated heterocycles. The zero-order chi connectivity index (χ0) is 32.7. The molecule has 2 aliphatic heterocycles. The van der Waals surface area contributed by atoms with Gasteiger partial charge in [0.15, 0.2) is 0 Å². The SMILES string of the molecule is CCOC(=O)c1ccc(N2C(=O)[C@H]3[C@H](c4cccnc4)c4sc(=O)n(CC(=O)Nc5cccc(C(F)(F)F)c5)c4S[C@H]3C2=O)cc1. The lowest BCUT2D eigenvalue weighted by Crippen LogP contribution is -2.33. The summed E-state index contributed by atoms with van der Waals surface area (Å²) in [6.07, 6.45) is -1.52. The van der Waals surface area contributed by atoms with Crippen LogP contribution in [0.2, 0.25) is 0 Å². The molecule has 0 radical (unpaired) electrons. The van der Waals surface area contributed by atoms with Crippen molar-refractivity contribution in [3.63, 3.8) is 0 Å². The third-order valence-electron chi connectivity index (χ3n) is 7.50. The van der Waals surface area contributed by atoms with Crippen LogP contribution in [0.3, 0.4) is 0 Å². The fourth-order valence-corrected chi connectivity index (χ4v) is 8.28. The first-order chi connectivity index (χ1) is 22.0. The lowest BCUT2D eigenvalue weighted by Gasteiger charge is -2.30. The van der Waals surface area contributed by atoms with Crippen LogP contribution in [-0.2, 0) is 31.8 Å². The summed E-state index contributed by atoms with van der Waals surface area (Å²) in [6, 6.07) is 13.4. The Morgan fingerprint density at radius 2 is 1.78 bits per heavy atom. The number of hydrogen-bond donors (Lipinski definition) is 1. The predicted octanol–water partition coefficient (Wildman–Crippen LogP) is 4.93. The molecule has 15 heteroatoms. The quantitative estimate of drug-likeness (QED) is 0.217. The van der Waals surface area contributed by atoms with Crippen molar-refractivity contribution >= 4 is 58.2 Å². The Hall–Kier alpha value is -4.76. The molecule has 46 heavy (non-hydrogen) atoms. The average molecular weight is 669 g/mol. The molecule has 10 nitrogen and oxygen atoms in total. The van der Waals surface area contributed by atoms with E-state index in [4.69, 9.17) is 4.74 Å². The van der Waals surface area contributed by atoms with E-state index in [0.717, 1.165) is 46.2 Å². The third kappa shape index (κ3) is 5.71.